The van der Waals surface area contributed by atoms with Gasteiger partial charge in [0.2, 0.25) is 5.91 Å². The molecule has 0 aliphatic carbocycles. The van der Waals surface area contributed by atoms with E-state index in [9.17, 15) is 14.0 Å². The van der Waals surface area contributed by atoms with Gasteiger partial charge in [0.25, 0.3) is 5.24 Å². The van der Waals surface area contributed by atoms with Gasteiger partial charge in [-0.15, -0.1) is 0 Å². The topological polar surface area (TPSA) is 37.4 Å². The number of rotatable bonds is 3. The van der Waals surface area contributed by atoms with Gasteiger partial charge in [0.15, 0.2) is 0 Å². The normalized spacial score (nSPS) is 18.1. The average Bonchev–Trinajstić information content (AvgIpc) is 2.76. The van der Waals surface area contributed by atoms with Gasteiger partial charge in [-0.2, -0.15) is 0 Å². The third kappa shape index (κ3) is 3.00. The highest BCUT2D eigenvalue weighted by molar-refractivity contribution is 8.15. The zero-order valence-corrected chi connectivity index (χ0v) is 12.9. The number of benzene rings is 2. The molecule has 1 fully saturated rings. The molecule has 112 valence electrons. The minimum Gasteiger partial charge on any atom is -0.273 e. The number of hydrogen-bond donors (Lipinski definition) is 0. The number of carbonyl (C=O) groups is 2. The van der Waals surface area contributed by atoms with Crippen molar-refractivity contribution in [3.8, 4) is 0 Å². The van der Waals surface area contributed by atoms with E-state index >= 15 is 0 Å². The summed E-state index contributed by atoms with van der Waals surface area (Å²) in [6, 6.07) is 12.5. The first-order valence-corrected chi connectivity index (χ1v) is 7.85. The van der Waals surface area contributed by atoms with Crippen LogP contribution in [0.3, 0.4) is 0 Å². The third-order valence-electron chi connectivity index (χ3n) is 3.32. The minimum atomic E-state index is -0.503. The molecule has 6 heteroatoms. The second kappa shape index (κ2) is 6.10. The lowest BCUT2D eigenvalue weighted by Crippen LogP contribution is -2.32. The molecular weight excluding hydrogens is 325 g/mol. The number of imide groups is 1. The SMILES string of the molecule is O=C1S[C@H](Cc2ccc(F)cc2)C(=O)N1c1cccc(Cl)c1. The Kier molecular flexibility index (Phi) is 4.18. The van der Waals surface area contributed by atoms with E-state index in [0.29, 0.717) is 17.1 Å². The van der Waals surface area contributed by atoms with Crippen LogP contribution in [0.25, 0.3) is 0 Å². The summed E-state index contributed by atoms with van der Waals surface area (Å²) in [6.07, 6.45) is 0.382. The number of halogens is 2. The third-order valence-corrected chi connectivity index (χ3v) is 4.59. The largest absolute Gasteiger partial charge is 0.293 e. The summed E-state index contributed by atoms with van der Waals surface area (Å²) in [6.45, 7) is 0. The Labute approximate surface area is 136 Å². The van der Waals surface area contributed by atoms with E-state index in [0.717, 1.165) is 22.2 Å². The quantitative estimate of drug-likeness (QED) is 0.839. The van der Waals surface area contributed by atoms with Crippen molar-refractivity contribution < 1.29 is 14.0 Å². The molecule has 1 saturated heterocycles. The number of hydrogen-bond acceptors (Lipinski definition) is 3. The van der Waals surface area contributed by atoms with Crippen LogP contribution in [-0.2, 0) is 11.2 Å². The van der Waals surface area contributed by atoms with Crippen molar-refractivity contribution >= 4 is 40.2 Å². The van der Waals surface area contributed by atoms with Gasteiger partial charge in [0.05, 0.1) is 10.9 Å². The smallest absolute Gasteiger partial charge is 0.273 e. The molecule has 0 bridgehead atoms. The molecule has 0 unspecified atom stereocenters. The minimum absolute atomic E-state index is 0.276. The zero-order chi connectivity index (χ0) is 15.7. The summed E-state index contributed by atoms with van der Waals surface area (Å²) in [4.78, 5) is 25.7. The van der Waals surface area contributed by atoms with Crippen LogP contribution >= 0.6 is 23.4 Å². The van der Waals surface area contributed by atoms with E-state index < -0.39 is 5.25 Å². The molecule has 1 aliphatic heterocycles. The molecule has 2 aromatic rings. The van der Waals surface area contributed by atoms with Crippen LogP contribution in [0.4, 0.5) is 14.9 Å². The van der Waals surface area contributed by atoms with Gasteiger partial charge in [-0.25, -0.2) is 9.29 Å². The van der Waals surface area contributed by atoms with Crippen molar-refractivity contribution in [2.24, 2.45) is 0 Å². The molecule has 3 rings (SSSR count). The van der Waals surface area contributed by atoms with Gasteiger partial charge >= 0.3 is 0 Å². The van der Waals surface area contributed by atoms with E-state index in [1.807, 2.05) is 0 Å². The summed E-state index contributed by atoms with van der Waals surface area (Å²) < 4.78 is 12.9. The highest BCUT2D eigenvalue weighted by Gasteiger charge is 2.40. The number of thioether (sulfide) groups is 1. The second-order valence-corrected chi connectivity index (χ2v) is 6.45. The summed E-state index contributed by atoms with van der Waals surface area (Å²) in [7, 11) is 0. The van der Waals surface area contributed by atoms with Gasteiger partial charge < -0.3 is 0 Å². The molecule has 0 aromatic heterocycles. The Morgan fingerprint density at radius 1 is 1.14 bits per heavy atom. The maximum Gasteiger partial charge on any atom is 0.293 e. The fraction of sp³-hybridized carbons (Fsp3) is 0.125. The maximum atomic E-state index is 12.9. The van der Waals surface area contributed by atoms with Gasteiger partial charge in [-0.05, 0) is 42.3 Å². The molecule has 1 heterocycles. The maximum absolute atomic E-state index is 12.9. The van der Waals surface area contributed by atoms with Crippen LogP contribution in [0.5, 0.6) is 0 Å². The molecule has 0 spiro atoms. The zero-order valence-electron chi connectivity index (χ0n) is 11.3. The lowest BCUT2D eigenvalue weighted by molar-refractivity contribution is -0.117. The molecule has 0 N–H and O–H groups in total. The molecule has 2 amide bonds. The van der Waals surface area contributed by atoms with Crippen LogP contribution in [-0.4, -0.2) is 16.4 Å². The number of amides is 2. The Morgan fingerprint density at radius 3 is 2.55 bits per heavy atom. The summed E-state index contributed by atoms with van der Waals surface area (Å²) in [5.74, 6) is -0.604. The van der Waals surface area contributed by atoms with Crippen LogP contribution < -0.4 is 4.90 Å². The first-order chi connectivity index (χ1) is 10.5. The van der Waals surface area contributed by atoms with E-state index in [-0.39, 0.29) is 17.0 Å². The molecule has 2 aromatic carbocycles. The molecule has 1 atom stereocenters. The van der Waals surface area contributed by atoms with Crippen molar-refractivity contribution in [1.29, 1.82) is 0 Å². The molecule has 22 heavy (non-hydrogen) atoms. The van der Waals surface area contributed by atoms with E-state index in [1.54, 1.807) is 36.4 Å². The number of nitrogens with zero attached hydrogens (tertiary/aromatic N) is 1. The lowest BCUT2D eigenvalue weighted by atomic mass is 10.1. The predicted molar refractivity (Wildman–Crippen MR) is 85.8 cm³/mol. The van der Waals surface area contributed by atoms with Gasteiger partial charge in [-0.3, -0.25) is 9.59 Å². The van der Waals surface area contributed by atoms with Crippen molar-refractivity contribution in [2.45, 2.75) is 11.7 Å². The van der Waals surface area contributed by atoms with Crippen molar-refractivity contribution in [3.05, 3.63) is 64.9 Å². The Bertz CT molecular complexity index is 735. The van der Waals surface area contributed by atoms with E-state index in [2.05, 4.69) is 0 Å². The Morgan fingerprint density at radius 2 is 1.86 bits per heavy atom. The standard InChI is InChI=1S/C16H11ClFNO2S/c17-11-2-1-3-13(9-11)19-15(20)14(22-16(19)21)8-10-4-6-12(18)7-5-10/h1-7,9,14H,8H2/t14-/m1/s1. The van der Waals surface area contributed by atoms with Crippen LogP contribution in [0.1, 0.15) is 5.56 Å². The van der Waals surface area contributed by atoms with Crippen molar-refractivity contribution in [1.82, 2.24) is 0 Å². The number of carbonyl (C=O) groups excluding carboxylic acids is 2. The molecule has 1 aliphatic rings. The van der Waals surface area contributed by atoms with Crippen LogP contribution in [0.15, 0.2) is 48.5 Å². The van der Waals surface area contributed by atoms with Crippen molar-refractivity contribution in [3.63, 3.8) is 0 Å². The fourth-order valence-corrected chi connectivity index (χ4v) is 3.48. The van der Waals surface area contributed by atoms with Gasteiger partial charge in [0.1, 0.15) is 5.82 Å². The van der Waals surface area contributed by atoms with Crippen molar-refractivity contribution in [2.75, 3.05) is 4.90 Å². The molecule has 0 saturated carbocycles. The highest BCUT2D eigenvalue weighted by atomic mass is 35.5. The first-order valence-electron chi connectivity index (χ1n) is 6.59. The monoisotopic (exact) mass is 335 g/mol. The first kappa shape index (κ1) is 15.1. The fourth-order valence-electron chi connectivity index (χ4n) is 2.27. The molecule has 0 radical (unpaired) electrons. The van der Waals surface area contributed by atoms with Crippen LogP contribution in [0.2, 0.25) is 5.02 Å². The van der Waals surface area contributed by atoms with E-state index in [4.69, 9.17) is 11.6 Å². The Hall–Kier alpha value is -1.85. The summed E-state index contributed by atoms with van der Waals surface area (Å²) in [5.41, 5.74) is 1.28. The van der Waals surface area contributed by atoms with Gasteiger partial charge in [-0.1, -0.05) is 41.6 Å². The Balaban J connectivity index is 1.81. The predicted octanol–water partition coefficient (Wildman–Crippen LogP) is 4.29. The highest BCUT2D eigenvalue weighted by Crippen LogP contribution is 2.34. The number of anilines is 1. The van der Waals surface area contributed by atoms with E-state index in [1.165, 1.54) is 12.1 Å². The summed E-state index contributed by atoms with van der Waals surface area (Å²) >= 11 is 6.89. The molecule has 3 nitrogen and oxygen atoms in total. The average molecular weight is 336 g/mol. The lowest BCUT2D eigenvalue weighted by Gasteiger charge is -2.14. The van der Waals surface area contributed by atoms with Crippen LogP contribution in [0, 0.1) is 5.82 Å². The summed E-state index contributed by atoms with van der Waals surface area (Å²) in [5, 5.41) is -0.360. The second-order valence-electron chi connectivity index (χ2n) is 4.86. The van der Waals surface area contributed by atoms with Gasteiger partial charge in [0, 0.05) is 5.02 Å². The molecular formula is C16H11ClFNO2S.